The Kier molecular flexibility index (Phi) is 5.36. The summed E-state index contributed by atoms with van der Waals surface area (Å²) in [5.74, 6) is 5.72. The Morgan fingerprint density at radius 1 is 1.26 bits per heavy atom. The molecule has 2 aromatic rings. The second-order valence-electron chi connectivity index (χ2n) is 4.07. The normalized spacial score (nSPS) is 14.3. The highest BCUT2D eigenvalue weighted by atomic mass is 35.5. The van der Waals surface area contributed by atoms with E-state index in [4.69, 9.17) is 22.2 Å². The molecule has 3 nitrogen and oxygen atoms in total. The van der Waals surface area contributed by atoms with E-state index < -0.39 is 0 Å². The number of halogens is 1. The van der Waals surface area contributed by atoms with Crippen molar-refractivity contribution in [2.75, 3.05) is 6.61 Å². The van der Waals surface area contributed by atoms with Crippen molar-refractivity contribution in [3.05, 3.63) is 57.2 Å². The number of hydrazine groups is 1. The molecule has 102 valence electrons. The first-order valence-corrected chi connectivity index (χ1v) is 7.33. The quantitative estimate of drug-likeness (QED) is 0.631. The van der Waals surface area contributed by atoms with E-state index in [0.717, 1.165) is 14.8 Å². The van der Waals surface area contributed by atoms with Crippen molar-refractivity contribution in [1.29, 1.82) is 0 Å². The Balaban J connectivity index is 2.31. The summed E-state index contributed by atoms with van der Waals surface area (Å²) in [6, 6.07) is 13.8. The topological polar surface area (TPSA) is 47.3 Å². The first kappa shape index (κ1) is 14.5. The number of rotatable bonds is 6. The molecular formula is C14H17ClN2OS. The van der Waals surface area contributed by atoms with Crippen LogP contribution in [0.2, 0.25) is 4.34 Å². The van der Waals surface area contributed by atoms with Gasteiger partial charge in [-0.15, -0.1) is 11.3 Å². The average molecular weight is 297 g/mol. The third kappa shape index (κ3) is 3.55. The molecule has 0 bridgehead atoms. The minimum atomic E-state index is -0.133. The lowest BCUT2D eigenvalue weighted by atomic mass is 10.0. The first-order valence-electron chi connectivity index (χ1n) is 6.14. The molecule has 1 aromatic carbocycles. The molecule has 3 N–H and O–H groups in total. The zero-order valence-electron chi connectivity index (χ0n) is 10.7. The van der Waals surface area contributed by atoms with E-state index in [1.165, 1.54) is 11.3 Å². The molecule has 5 heteroatoms. The molecule has 2 rings (SSSR count). The zero-order chi connectivity index (χ0) is 13.7. The predicted octanol–water partition coefficient (Wildman–Crippen LogP) is 3.68. The fourth-order valence-electron chi connectivity index (χ4n) is 2.02. The van der Waals surface area contributed by atoms with Crippen LogP contribution in [0.1, 0.15) is 29.5 Å². The second-order valence-corrected chi connectivity index (χ2v) is 5.82. The second kappa shape index (κ2) is 7.03. The highest BCUT2D eigenvalue weighted by Gasteiger charge is 2.25. The monoisotopic (exact) mass is 296 g/mol. The van der Waals surface area contributed by atoms with Crippen molar-refractivity contribution in [2.45, 2.75) is 19.1 Å². The molecule has 0 fully saturated rings. The van der Waals surface area contributed by atoms with Crippen LogP contribution in [-0.2, 0) is 4.74 Å². The number of nitrogens with one attached hydrogen (secondary N) is 1. The molecule has 0 aliphatic heterocycles. The summed E-state index contributed by atoms with van der Waals surface area (Å²) in [7, 11) is 0. The number of benzene rings is 1. The van der Waals surface area contributed by atoms with Crippen molar-refractivity contribution in [3.8, 4) is 0 Å². The molecule has 0 saturated carbocycles. The maximum atomic E-state index is 6.00. The first-order chi connectivity index (χ1) is 9.26. The summed E-state index contributed by atoms with van der Waals surface area (Å²) in [5, 5.41) is 0. The highest BCUT2D eigenvalue weighted by molar-refractivity contribution is 7.16. The summed E-state index contributed by atoms with van der Waals surface area (Å²) in [6.07, 6.45) is -0.133. The molecule has 0 aliphatic rings. The third-order valence-electron chi connectivity index (χ3n) is 2.86. The van der Waals surface area contributed by atoms with Crippen LogP contribution in [0.3, 0.4) is 0 Å². The summed E-state index contributed by atoms with van der Waals surface area (Å²) in [6.45, 7) is 2.60. The molecule has 2 unspecified atom stereocenters. The minimum Gasteiger partial charge on any atom is -0.372 e. The number of hydrogen-bond acceptors (Lipinski definition) is 4. The molecule has 19 heavy (non-hydrogen) atoms. The molecule has 1 heterocycles. The molecule has 1 aromatic heterocycles. The Bertz CT molecular complexity index is 503. The van der Waals surface area contributed by atoms with Gasteiger partial charge in [-0.3, -0.25) is 5.84 Å². The smallest absolute Gasteiger partial charge is 0.104 e. The summed E-state index contributed by atoms with van der Waals surface area (Å²) < 4.78 is 6.61. The van der Waals surface area contributed by atoms with Crippen LogP contribution in [0, 0.1) is 0 Å². The highest BCUT2D eigenvalue weighted by Crippen LogP contribution is 2.36. The van der Waals surface area contributed by atoms with Crippen molar-refractivity contribution in [2.24, 2.45) is 5.84 Å². The number of thiophene rings is 1. The van der Waals surface area contributed by atoms with Crippen LogP contribution in [0.4, 0.5) is 0 Å². The molecule has 0 radical (unpaired) electrons. The molecule has 0 saturated heterocycles. The summed E-state index contributed by atoms with van der Waals surface area (Å²) in [4.78, 5) is 1.06. The van der Waals surface area contributed by atoms with Gasteiger partial charge in [-0.1, -0.05) is 41.9 Å². The SMILES string of the molecule is CCOC(c1ccccc1)C(NN)c1ccc(Cl)s1. The van der Waals surface area contributed by atoms with Crippen molar-refractivity contribution >= 4 is 22.9 Å². The van der Waals surface area contributed by atoms with Gasteiger partial charge < -0.3 is 4.74 Å². The van der Waals surface area contributed by atoms with Crippen molar-refractivity contribution in [3.63, 3.8) is 0 Å². The van der Waals surface area contributed by atoms with Crippen LogP contribution in [0.15, 0.2) is 42.5 Å². The van der Waals surface area contributed by atoms with Crippen LogP contribution in [0.25, 0.3) is 0 Å². The lowest BCUT2D eigenvalue weighted by Gasteiger charge is -2.26. The van der Waals surface area contributed by atoms with Gasteiger partial charge in [0.15, 0.2) is 0 Å². The zero-order valence-corrected chi connectivity index (χ0v) is 12.2. The van der Waals surface area contributed by atoms with Gasteiger partial charge in [-0.2, -0.15) is 0 Å². The van der Waals surface area contributed by atoms with E-state index in [1.807, 2.05) is 49.4 Å². The summed E-state index contributed by atoms with van der Waals surface area (Å²) in [5.41, 5.74) is 3.94. The largest absolute Gasteiger partial charge is 0.372 e. The van der Waals surface area contributed by atoms with Gasteiger partial charge in [-0.05, 0) is 24.6 Å². The van der Waals surface area contributed by atoms with E-state index in [2.05, 4.69) is 5.43 Å². The minimum absolute atomic E-state index is 0.111. The molecule has 0 spiro atoms. The Morgan fingerprint density at radius 3 is 2.53 bits per heavy atom. The Hall–Kier alpha value is -0.910. The standard InChI is InChI=1S/C14H17ClN2OS/c1-2-18-14(10-6-4-3-5-7-10)13(17-16)11-8-9-12(15)19-11/h3-9,13-14,17H,2,16H2,1H3. The van der Waals surface area contributed by atoms with Crippen molar-refractivity contribution in [1.82, 2.24) is 5.43 Å². The van der Waals surface area contributed by atoms with E-state index in [9.17, 15) is 0 Å². The fourth-order valence-corrected chi connectivity index (χ4v) is 3.17. The Morgan fingerprint density at radius 2 is 2.00 bits per heavy atom. The van der Waals surface area contributed by atoms with Gasteiger partial charge in [0.1, 0.15) is 6.10 Å². The lowest BCUT2D eigenvalue weighted by molar-refractivity contribution is 0.0336. The maximum Gasteiger partial charge on any atom is 0.104 e. The van der Waals surface area contributed by atoms with E-state index in [0.29, 0.717) is 6.61 Å². The average Bonchev–Trinajstić information content (AvgIpc) is 2.86. The van der Waals surface area contributed by atoms with Crippen LogP contribution < -0.4 is 11.3 Å². The van der Waals surface area contributed by atoms with Gasteiger partial charge in [0.05, 0.1) is 10.4 Å². The van der Waals surface area contributed by atoms with E-state index in [-0.39, 0.29) is 12.1 Å². The van der Waals surface area contributed by atoms with Gasteiger partial charge in [-0.25, -0.2) is 5.43 Å². The maximum absolute atomic E-state index is 6.00. The number of nitrogens with two attached hydrogens (primary N) is 1. The van der Waals surface area contributed by atoms with Gasteiger partial charge >= 0.3 is 0 Å². The van der Waals surface area contributed by atoms with Crippen LogP contribution in [-0.4, -0.2) is 6.61 Å². The van der Waals surface area contributed by atoms with Crippen molar-refractivity contribution < 1.29 is 4.74 Å². The predicted molar refractivity (Wildman–Crippen MR) is 80.2 cm³/mol. The number of ether oxygens (including phenoxy) is 1. The molecule has 0 amide bonds. The fraction of sp³-hybridized carbons (Fsp3) is 0.286. The molecule has 0 aliphatic carbocycles. The third-order valence-corrected chi connectivity index (χ3v) is 4.17. The van der Waals surface area contributed by atoms with Crippen LogP contribution >= 0.6 is 22.9 Å². The van der Waals surface area contributed by atoms with E-state index >= 15 is 0 Å². The summed E-state index contributed by atoms with van der Waals surface area (Å²) >= 11 is 7.51. The van der Waals surface area contributed by atoms with Crippen LogP contribution in [0.5, 0.6) is 0 Å². The van der Waals surface area contributed by atoms with Gasteiger partial charge in [0.25, 0.3) is 0 Å². The van der Waals surface area contributed by atoms with Gasteiger partial charge in [0, 0.05) is 11.5 Å². The van der Waals surface area contributed by atoms with E-state index in [1.54, 1.807) is 0 Å². The lowest BCUT2D eigenvalue weighted by Crippen LogP contribution is -2.33. The number of hydrogen-bond donors (Lipinski definition) is 2. The molecular weight excluding hydrogens is 280 g/mol. The van der Waals surface area contributed by atoms with Gasteiger partial charge in [0.2, 0.25) is 0 Å². The Labute approximate surface area is 122 Å². The molecule has 2 atom stereocenters.